The van der Waals surface area contributed by atoms with Gasteiger partial charge in [-0.1, -0.05) is 24.3 Å². The molecule has 0 radical (unpaired) electrons. The topological polar surface area (TPSA) is 68.1 Å². The molecular formula is C18H17F3N4O2. The molecule has 0 aliphatic carbocycles. The molecule has 0 unspecified atom stereocenters. The fourth-order valence-corrected chi connectivity index (χ4v) is 2.89. The molecule has 0 bridgehead atoms. The fraction of sp³-hybridized carbons (Fsp3) is 0.222. The number of rotatable bonds is 5. The van der Waals surface area contributed by atoms with Gasteiger partial charge in [0, 0.05) is 6.54 Å². The molecule has 27 heavy (non-hydrogen) atoms. The Morgan fingerprint density at radius 1 is 1.00 bits per heavy atom. The summed E-state index contributed by atoms with van der Waals surface area (Å²) >= 11 is 0. The zero-order valence-electron chi connectivity index (χ0n) is 14.4. The highest BCUT2D eigenvalue weighted by Crippen LogP contribution is 2.34. The number of anilines is 1. The molecule has 3 aromatic rings. The van der Waals surface area contributed by atoms with Crippen molar-refractivity contribution in [2.24, 2.45) is 0 Å². The van der Waals surface area contributed by atoms with Gasteiger partial charge in [-0.15, -0.1) is 0 Å². The monoisotopic (exact) mass is 378 g/mol. The zero-order valence-corrected chi connectivity index (χ0v) is 14.4. The SMILES string of the molecule is CCn1c(=O)n(CC(=O)NNc2ccccc2C(F)(F)F)c2ccccc21. The second-order valence-electron chi connectivity index (χ2n) is 5.82. The van der Waals surface area contributed by atoms with Crippen molar-refractivity contribution >= 4 is 22.6 Å². The Labute approximate surface area is 152 Å². The van der Waals surface area contributed by atoms with Crippen molar-refractivity contribution in [2.75, 3.05) is 5.43 Å². The van der Waals surface area contributed by atoms with E-state index in [0.29, 0.717) is 17.6 Å². The van der Waals surface area contributed by atoms with Crippen LogP contribution >= 0.6 is 0 Å². The maximum atomic E-state index is 13.0. The van der Waals surface area contributed by atoms with E-state index in [2.05, 4.69) is 10.9 Å². The van der Waals surface area contributed by atoms with Crippen LogP contribution in [0.2, 0.25) is 0 Å². The first-order valence-electron chi connectivity index (χ1n) is 8.22. The number of nitrogens with one attached hydrogen (secondary N) is 2. The molecule has 1 amide bonds. The van der Waals surface area contributed by atoms with Gasteiger partial charge in [-0.25, -0.2) is 4.79 Å². The third kappa shape index (κ3) is 3.67. The minimum Gasteiger partial charge on any atom is -0.298 e. The molecular weight excluding hydrogens is 361 g/mol. The number of carbonyl (C=O) groups excluding carboxylic acids is 1. The van der Waals surface area contributed by atoms with Crippen molar-refractivity contribution in [3.8, 4) is 0 Å². The second kappa shape index (κ2) is 7.18. The lowest BCUT2D eigenvalue weighted by molar-refractivity contribution is -0.137. The first kappa shape index (κ1) is 18.6. The van der Waals surface area contributed by atoms with Gasteiger partial charge in [0.25, 0.3) is 5.91 Å². The van der Waals surface area contributed by atoms with Crippen LogP contribution in [0.15, 0.2) is 53.3 Å². The molecule has 0 saturated carbocycles. The quantitative estimate of drug-likeness (QED) is 0.671. The van der Waals surface area contributed by atoms with E-state index in [0.717, 1.165) is 6.07 Å². The predicted molar refractivity (Wildman–Crippen MR) is 95.1 cm³/mol. The summed E-state index contributed by atoms with van der Waals surface area (Å²) in [4.78, 5) is 24.7. The van der Waals surface area contributed by atoms with Crippen LogP contribution in [-0.2, 0) is 24.1 Å². The summed E-state index contributed by atoms with van der Waals surface area (Å²) < 4.78 is 41.8. The Hall–Kier alpha value is -3.23. The largest absolute Gasteiger partial charge is 0.418 e. The molecule has 1 aromatic heterocycles. The number of carbonyl (C=O) groups is 1. The second-order valence-corrected chi connectivity index (χ2v) is 5.82. The highest BCUT2D eigenvalue weighted by atomic mass is 19.4. The molecule has 0 spiro atoms. The van der Waals surface area contributed by atoms with Gasteiger partial charge in [-0.3, -0.25) is 24.8 Å². The van der Waals surface area contributed by atoms with Crippen molar-refractivity contribution in [3.05, 3.63) is 64.6 Å². The van der Waals surface area contributed by atoms with Gasteiger partial charge in [0.05, 0.1) is 22.3 Å². The number of alkyl halides is 3. The molecule has 2 aromatic carbocycles. The summed E-state index contributed by atoms with van der Waals surface area (Å²) in [5.74, 6) is -0.645. The highest BCUT2D eigenvalue weighted by Gasteiger charge is 2.33. The Morgan fingerprint density at radius 3 is 2.22 bits per heavy atom. The molecule has 0 aliphatic rings. The van der Waals surface area contributed by atoms with E-state index in [1.165, 1.54) is 27.3 Å². The molecule has 142 valence electrons. The van der Waals surface area contributed by atoms with Gasteiger partial charge in [0.2, 0.25) is 0 Å². The first-order chi connectivity index (χ1) is 12.8. The van der Waals surface area contributed by atoms with Crippen LogP contribution in [-0.4, -0.2) is 15.0 Å². The Bertz CT molecular complexity index is 1040. The lowest BCUT2D eigenvalue weighted by atomic mass is 10.2. The van der Waals surface area contributed by atoms with Gasteiger partial charge in [0.15, 0.2) is 0 Å². The normalized spacial score (nSPS) is 11.6. The number of halogens is 3. The zero-order chi connectivity index (χ0) is 19.6. The molecule has 0 fully saturated rings. The molecule has 9 heteroatoms. The summed E-state index contributed by atoms with van der Waals surface area (Å²) in [6, 6.07) is 11.8. The Morgan fingerprint density at radius 2 is 1.59 bits per heavy atom. The lowest BCUT2D eigenvalue weighted by Gasteiger charge is -2.15. The predicted octanol–water partition coefficient (Wildman–Crippen LogP) is 2.99. The molecule has 0 saturated heterocycles. The van der Waals surface area contributed by atoms with Crippen LogP contribution in [0.1, 0.15) is 12.5 Å². The average Bonchev–Trinajstić information content (AvgIpc) is 2.91. The average molecular weight is 378 g/mol. The van der Waals surface area contributed by atoms with Crippen molar-refractivity contribution in [1.82, 2.24) is 14.6 Å². The first-order valence-corrected chi connectivity index (χ1v) is 8.22. The lowest BCUT2D eigenvalue weighted by Crippen LogP contribution is -2.36. The minimum absolute atomic E-state index is 0.276. The summed E-state index contributed by atoms with van der Waals surface area (Å²) in [5.41, 5.74) is 4.24. The minimum atomic E-state index is -4.56. The smallest absolute Gasteiger partial charge is 0.298 e. The maximum absolute atomic E-state index is 13.0. The number of hydrogen-bond donors (Lipinski definition) is 2. The fourth-order valence-electron chi connectivity index (χ4n) is 2.89. The van der Waals surface area contributed by atoms with Crippen molar-refractivity contribution < 1.29 is 18.0 Å². The number of nitrogens with zero attached hydrogens (tertiary/aromatic N) is 2. The molecule has 0 aliphatic heterocycles. The van der Waals surface area contributed by atoms with Gasteiger partial charge in [-0.05, 0) is 31.2 Å². The van der Waals surface area contributed by atoms with E-state index >= 15 is 0 Å². The third-order valence-corrected chi connectivity index (χ3v) is 4.11. The van der Waals surface area contributed by atoms with E-state index in [1.807, 2.05) is 6.92 Å². The number of imidazole rings is 1. The maximum Gasteiger partial charge on any atom is 0.418 e. The molecule has 1 heterocycles. The Kier molecular flexibility index (Phi) is 4.93. The van der Waals surface area contributed by atoms with E-state index < -0.39 is 17.6 Å². The van der Waals surface area contributed by atoms with Gasteiger partial charge < -0.3 is 0 Å². The van der Waals surface area contributed by atoms with Crippen molar-refractivity contribution in [3.63, 3.8) is 0 Å². The van der Waals surface area contributed by atoms with E-state index in [4.69, 9.17) is 0 Å². The number of fused-ring (bicyclic) bond motifs is 1. The number of para-hydroxylation sites is 3. The van der Waals surface area contributed by atoms with Crippen LogP contribution < -0.4 is 16.5 Å². The Balaban J connectivity index is 1.80. The van der Waals surface area contributed by atoms with Crippen LogP contribution in [0.5, 0.6) is 0 Å². The summed E-state index contributed by atoms with van der Waals surface area (Å²) in [5, 5.41) is 0. The van der Waals surface area contributed by atoms with Gasteiger partial charge >= 0.3 is 11.9 Å². The number of hydrogen-bond acceptors (Lipinski definition) is 3. The van der Waals surface area contributed by atoms with E-state index in [9.17, 15) is 22.8 Å². The molecule has 3 rings (SSSR count). The van der Waals surface area contributed by atoms with E-state index in [-0.39, 0.29) is 17.9 Å². The summed E-state index contributed by atoms with van der Waals surface area (Å²) in [6.07, 6.45) is -4.56. The highest BCUT2D eigenvalue weighted by molar-refractivity contribution is 5.81. The number of aryl methyl sites for hydroxylation is 1. The van der Waals surface area contributed by atoms with Gasteiger partial charge in [-0.2, -0.15) is 13.2 Å². The molecule has 0 atom stereocenters. The molecule has 2 N–H and O–H groups in total. The van der Waals surface area contributed by atoms with Crippen LogP contribution in [0.4, 0.5) is 18.9 Å². The van der Waals surface area contributed by atoms with Crippen molar-refractivity contribution in [2.45, 2.75) is 26.2 Å². The van der Waals surface area contributed by atoms with Gasteiger partial charge in [0.1, 0.15) is 6.54 Å². The standard InChI is InChI=1S/C18H17F3N4O2/c1-2-24-14-9-5-6-10-15(14)25(17(24)27)11-16(26)23-22-13-8-4-3-7-12(13)18(19,20)21/h3-10,22H,2,11H2,1H3,(H,23,26). The van der Waals surface area contributed by atoms with Crippen LogP contribution in [0, 0.1) is 0 Å². The van der Waals surface area contributed by atoms with Crippen LogP contribution in [0.3, 0.4) is 0 Å². The number of benzene rings is 2. The number of hydrazine groups is 1. The van der Waals surface area contributed by atoms with Crippen LogP contribution in [0.25, 0.3) is 11.0 Å². The van der Waals surface area contributed by atoms with Crippen molar-refractivity contribution in [1.29, 1.82) is 0 Å². The number of aromatic nitrogens is 2. The third-order valence-electron chi connectivity index (χ3n) is 4.11. The summed E-state index contributed by atoms with van der Waals surface area (Å²) in [7, 11) is 0. The summed E-state index contributed by atoms with van der Waals surface area (Å²) in [6.45, 7) is 1.92. The number of amides is 1. The molecule has 6 nitrogen and oxygen atoms in total. The van der Waals surface area contributed by atoms with E-state index in [1.54, 1.807) is 24.3 Å².